The molecule has 0 spiro atoms. The van der Waals surface area contributed by atoms with Crippen molar-refractivity contribution < 1.29 is 22.3 Å². The van der Waals surface area contributed by atoms with Crippen LogP contribution in [-0.4, -0.2) is 32.8 Å². The third-order valence-corrected chi connectivity index (χ3v) is 3.43. The van der Waals surface area contributed by atoms with Crippen molar-refractivity contribution in [2.75, 3.05) is 20.7 Å². The van der Waals surface area contributed by atoms with Crippen molar-refractivity contribution in [1.82, 2.24) is 10.6 Å². The Morgan fingerprint density at radius 1 is 1.29 bits per heavy atom. The average Bonchev–Trinajstić information content (AvgIpc) is 2.52. The van der Waals surface area contributed by atoms with Gasteiger partial charge in [-0.2, -0.15) is 13.2 Å². The minimum atomic E-state index is -4.12. The molecule has 0 aliphatic rings. The largest absolute Gasteiger partial charge is 0.494 e. The number of unbranched alkanes of at least 4 members (excludes halogenated alkanes) is 1. The summed E-state index contributed by atoms with van der Waals surface area (Å²) in [5.41, 5.74) is 0.702. The predicted octanol–water partition coefficient (Wildman–Crippen LogP) is 3.79. The molecule has 0 aliphatic carbocycles. The van der Waals surface area contributed by atoms with Crippen LogP contribution >= 0.6 is 0 Å². The molecule has 2 N–H and O–H groups in total. The lowest BCUT2D eigenvalue weighted by molar-refractivity contribution is -0.135. The van der Waals surface area contributed by atoms with E-state index in [4.69, 9.17) is 4.74 Å². The highest BCUT2D eigenvalue weighted by atomic mass is 19.4. The maximum absolute atomic E-state index is 13.7. The standard InChI is InChI=1S/C16H23F4N3O/c1-11(12-6-7-14(24-3)13(17)10-12)23-15(21-2)22-9-5-4-8-16(18,19)20/h6-7,10-11H,4-5,8-9H2,1-3H3,(H2,21,22,23). The molecule has 8 heteroatoms. The summed E-state index contributed by atoms with van der Waals surface area (Å²) in [5, 5.41) is 6.01. The van der Waals surface area contributed by atoms with Crippen molar-refractivity contribution >= 4 is 5.96 Å². The van der Waals surface area contributed by atoms with Crippen LogP contribution in [0.2, 0.25) is 0 Å². The van der Waals surface area contributed by atoms with Crippen molar-refractivity contribution in [1.29, 1.82) is 0 Å². The zero-order chi connectivity index (χ0) is 18.2. The summed E-state index contributed by atoms with van der Waals surface area (Å²) in [7, 11) is 2.96. The lowest BCUT2D eigenvalue weighted by atomic mass is 10.1. The van der Waals surface area contributed by atoms with E-state index in [2.05, 4.69) is 15.6 Å². The number of rotatable bonds is 7. The maximum Gasteiger partial charge on any atom is 0.389 e. The summed E-state index contributed by atoms with van der Waals surface area (Å²) in [6.07, 6.45) is -4.46. The molecule has 1 unspecified atom stereocenters. The Morgan fingerprint density at radius 3 is 2.54 bits per heavy atom. The summed E-state index contributed by atoms with van der Waals surface area (Å²) in [4.78, 5) is 4.01. The zero-order valence-corrected chi connectivity index (χ0v) is 14.0. The van der Waals surface area contributed by atoms with E-state index in [1.807, 2.05) is 6.92 Å². The number of alkyl halides is 3. The molecule has 0 radical (unpaired) electrons. The van der Waals surface area contributed by atoms with E-state index in [9.17, 15) is 17.6 Å². The van der Waals surface area contributed by atoms with Crippen LogP contribution in [0.15, 0.2) is 23.2 Å². The van der Waals surface area contributed by atoms with E-state index in [1.54, 1.807) is 13.1 Å². The van der Waals surface area contributed by atoms with Gasteiger partial charge in [0, 0.05) is 20.0 Å². The van der Waals surface area contributed by atoms with E-state index >= 15 is 0 Å². The number of methoxy groups -OCH3 is 1. The molecule has 1 rings (SSSR count). The number of benzene rings is 1. The number of halogens is 4. The van der Waals surface area contributed by atoms with E-state index in [0.717, 1.165) is 0 Å². The van der Waals surface area contributed by atoms with Crippen LogP contribution in [-0.2, 0) is 0 Å². The van der Waals surface area contributed by atoms with Gasteiger partial charge in [-0.05, 0) is 37.5 Å². The van der Waals surface area contributed by atoms with E-state index in [1.165, 1.54) is 19.2 Å². The first-order valence-corrected chi connectivity index (χ1v) is 7.64. The minimum Gasteiger partial charge on any atom is -0.494 e. The predicted molar refractivity (Wildman–Crippen MR) is 85.8 cm³/mol. The Morgan fingerprint density at radius 2 is 2.00 bits per heavy atom. The summed E-state index contributed by atoms with van der Waals surface area (Å²) in [6, 6.07) is 4.41. The van der Waals surface area contributed by atoms with Crippen molar-refractivity contribution in [2.24, 2.45) is 4.99 Å². The topological polar surface area (TPSA) is 45.7 Å². The number of guanidine groups is 1. The lowest BCUT2D eigenvalue weighted by Crippen LogP contribution is -2.39. The zero-order valence-electron chi connectivity index (χ0n) is 14.0. The third-order valence-electron chi connectivity index (χ3n) is 3.43. The van der Waals surface area contributed by atoms with Gasteiger partial charge in [0.05, 0.1) is 13.2 Å². The molecule has 0 aromatic heterocycles. The molecular weight excluding hydrogens is 326 g/mol. The smallest absolute Gasteiger partial charge is 0.389 e. The summed E-state index contributed by atoms with van der Waals surface area (Å²) >= 11 is 0. The monoisotopic (exact) mass is 349 g/mol. The number of nitrogens with one attached hydrogen (secondary N) is 2. The first kappa shape index (κ1) is 20.1. The number of hydrogen-bond acceptors (Lipinski definition) is 2. The van der Waals surface area contributed by atoms with Crippen LogP contribution in [0.3, 0.4) is 0 Å². The minimum absolute atomic E-state index is 0.0622. The van der Waals surface area contributed by atoms with Crippen LogP contribution in [0, 0.1) is 5.82 Å². The first-order chi connectivity index (χ1) is 11.3. The fourth-order valence-electron chi connectivity index (χ4n) is 2.09. The van der Waals surface area contributed by atoms with E-state index in [-0.39, 0.29) is 18.2 Å². The van der Waals surface area contributed by atoms with Crippen LogP contribution in [0.5, 0.6) is 5.75 Å². The molecule has 1 aromatic carbocycles. The molecule has 4 nitrogen and oxygen atoms in total. The van der Waals surface area contributed by atoms with Gasteiger partial charge in [0.25, 0.3) is 0 Å². The van der Waals surface area contributed by atoms with E-state index < -0.39 is 18.4 Å². The third kappa shape index (κ3) is 7.06. The maximum atomic E-state index is 13.7. The van der Waals surface area contributed by atoms with Crippen molar-refractivity contribution in [3.63, 3.8) is 0 Å². The molecule has 0 saturated carbocycles. The van der Waals surface area contributed by atoms with Crippen LogP contribution in [0.1, 0.15) is 37.8 Å². The van der Waals surface area contributed by atoms with Crippen LogP contribution in [0.25, 0.3) is 0 Å². The van der Waals surface area contributed by atoms with Gasteiger partial charge in [0.1, 0.15) is 0 Å². The van der Waals surface area contributed by atoms with Gasteiger partial charge >= 0.3 is 6.18 Å². The number of hydrogen-bond donors (Lipinski definition) is 2. The number of nitrogens with zero attached hydrogens (tertiary/aromatic N) is 1. The van der Waals surface area contributed by atoms with Gasteiger partial charge in [-0.3, -0.25) is 4.99 Å². The van der Waals surface area contributed by atoms with Gasteiger partial charge in [-0.25, -0.2) is 4.39 Å². The highest BCUT2D eigenvalue weighted by molar-refractivity contribution is 5.80. The SMILES string of the molecule is CN=C(NCCCCC(F)(F)F)NC(C)c1ccc(OC)c(F)c1. The van der Waals surface area contributed by atoms with Gasteiger partial charge in [-0.15, -0.1) is 0 Å². The normalized spacial score (nSPS) is 13.5. The Hall–Kier alpha value is -1.99. The number of ether oxygens (including phenoxy) is 1. The quantitative estimate of drug-likeness (QED) is 0.341. The Kier molecular flexibility index (Phi) is 7.81. The molecule has 0 fully saturated rings. The fourth-order valence-corrected chi connectivity index (χ4v) is 2.09. The van der Waals surface area contributed by atoms with Crippen molar-refractivity contribution in [3.05, 3.63) is 29.6 Å². The summed E-state index contributed by atoms with van der Waals surface area (Å²) in [5.74, 6) is 0.155. The molecule has 136 valence electrons. The molecule has 24 heavy (non-hydrogen) atoms. The summed E-state index contributed by atoms with van der Waals surface area (Å²) in [6.45, 7) is 2.21. The molecule has 1 aromatic rings. The fraction of sp³-hybridized carbons (Fsp3) is 0.562. The first-order valence-electron chi connectivity index (χ1n) is 7.64. The Bertz CT molecular complexity index is 547. The molecular formula is C16H23F4N3O. The molecule has 0 amide bonds. The second-order valence-corrected chi connectivity index (χ2v) is 5.33. The number of aliphatic imine (C=N–C) groups is 1. The van der Waals surface area contributed by atoms with Gasteiger partial charge in [0.15, 0.2) is 17.5 Å². The van der Waals surface area contributed by atoms with Crippen LogP contribution in [0.4, 0.5) is 17.6 Å². The molecule has 0 aliphatic heterocycles. The highest BCUT2D eigenvalue weighted by Crippen LogP contribution is 2.22. The lowest BCUT2D eigenvalue weighted by Gasteiger charge is -2.19. The molecule has 0 saturated heterocycles. The van der Waals surface area contributed by atoms with Crippen LogP contribution < -0.4 is 15.4 Å². The average molecular weight is 349 g/mol. The summed E-state index contributed by atoms with van der Waals surface area (Å²) < 4.78 is 54.8. The van der Waals surface area contributed by atoms with Crippen molar-refractivity contribution in [2.45, 2.75) is 38.4 Å². The van der Waals surface area contributed by atoms with Crippen molar-refractivity contribution in [3.8, 4) is 5.75 Å². The van der Waals surface area contributed by atoms with Gasteiger partial charge < -0.3 is 15.4 Å². The molecule has 0 bridgehead atoms. The second-order valence-electron chi connectivity index (χ2n) is 5.33. The highest BCUT2D eigenvalue weighted by Gasteiger charge is 2.25. The van der Waals surface area contributed by atoms with Gasteiger partial charge in [-0.1, -0.05) is 6.07 Å². The van der Waals surface area contributed by atoms with E-state index in [0.29, 0.717) is 24.5 Å². The Labute approximate surface area is 139 Å². The Balaban J connectivity index is 2.46. The molecule has 0 heterocycles. The second kappa shape index (κ2) is 9.34. The van der Waals surface area contributed by atoms with Gasteiger partial charge in [0.2, 0.25) is 0 Å². The molecule has 1 atom stereocenters.